The minimum Gasteiger partial charge on any atom is -0.481 e. The maximum atomic E-state index is 11.6. The van der Waals surface area contributed by atoms with E-state index in [2.05, 4.69) is 27.7 Å². The summed E-state index contributed by atoms with van der Waals surface area (Å²) in [5.74, 6) is -0.965. The molecule has 0 radical (unpaired) electrons. The van der Waals surface area contributed by atoms with Crippen molar-refractivity contribution < 1.29 is 19.4 Å². The molecular formula is C14H26O4. The smallest absolute Gasteiger partial charge is 0.317 e. The van der Waals surface area contributed by atoms with E-state index < -0.39 is 24.0 Å². The molecule has 1 N–H and O–H groups in total. The van der Waals surface area contributed by atoms with Crippen LogP contribution < -0.4 is 0 Å². The van der Waals surface area contributed by atoms with E-state index >= 15 is 0 Å². The van der Waals surface area contributed by atoms with Crippen LogP contribution in [0.25, 0.3) is 0 Å². The second kappa shape index (κ2) is 7.39. The Morgan fingerprint density at radius 1 is 1.11 bits per heavy atom. The molecule has 4 heteroatoms. The summed E-state index contributed by atoms with van der Waals surface area (Å²) in [6, 6.07) is 0. The zero-order valence-electron chi connectivity index (χ0n) is 12.2. The summed E-state index contributed by atoms with van der Waals surface area (Å²) in [4.78, 5) is 22.1. The van der Waals surface area contributed by atoms with Gasteiger partial charge in [0.05, 0.1) is 0 Å². The van der Waals surface area contributed by atoms with Crippen molar-refractivity contribution in [2.24, 2.45) is 11.8 Å². The van der Waals surface area contributed by atoms with Crippen LogP contribution in [0.3, 0.4) is 0 Å². The fraction of sp³-hybridized carbons (Fsp3) is 0.857. The lowest BCUT2D eigenvalue weighted by molar-refractivity contribution is -0.167. The minimum atomic E-state index is -1.14. The van der Waals surface area contributed by atoms with Gasteiger partial charge in [0.15, 0.2) is 0 Å². The van der Waals surface area contributed by atoms with Gasteiger partial charge in [-0.15, -0.1) is 0 Å². The Kier molecular flexibility index (Phi) is 6.96. The first-order valence-electron chi connectivity index (χ1n) is 6.64. The predicted molar refractivity (Wildman–Crippen MR) is 70.3 cm³/mol. The van der Waals surface area contributed by atoms with E-state index in [-0.39, 0.29) is 0 Å². The van der Waals surface area contributed by atoms with Gasteiger partial charge in [0, 0.05) is 0 Å². The standard InChI is InChI=1S/C14H26O4/c1-6-14(8-10(2)3,9-11(4)5)18-13(17)7-12(15)16/h10-11H,6-9H2,1-5H3,(H,15,16). The van der Waals surface area contributed by atoms with Gasteiger partial charge in [-0.3, -0.25) is 9.59 Å². The number of esters is 1. The summed E-state index contributed by atoms with van der Waals surface area (Å²) in [5.41, 5.74) is -0.519. The Hall–Kier alpha value is -1.06. The molecule has 0 fully saturated rings. The van der Waals surface area contributed by atoms with E-state index in [1.165, 1.54) is 0 Å². The monoisotopic (exact) mass is 258 g/mol. The second-order valence-corrected chi connectivity index (χ2v) is 5.78. The van der Waals surface area contributed by atoms with Crippen molar-refractivity contribution in [3.05, 3.63) is 0 Å². The van der Waals surface area contributed by atoms with Crippen LogP contribution in [0.4, 0.5) is 0 Å². The fourth-order valence-corrected chi connectivity index (χ4v) is 2.42. The van der Waals surface area contributed by atoms with Crippen molar-refractivity contribution in [2.45, 2.75) is 65.9 Å². The number of ether oxygens (including phenoxy) is 1. The average Bonchev–Trinajstić information content (AvgIpc) is 2.13. The largest absolute Gasteiger partial charge is 0.481 e. The van der Waals surface area contributed by atoms with Crippen LogP contribution in [-0.2, 0) is 14.3 Å². The molecule has 0 spiro atoms. The molecule has 0 saturated heterocycles. The van der Waals surface area contributed by atoms with Crippen LogP contribution in [0.5, 0.6) is 0 Å². The number of carboxylic acid groups (broad SMARTS) is 1. The lowest BCUT2D eigenvalue weighted by atomic mass is 9.83. The fourth-order valence-electron chi connectivity index (χ4n) is 2.42. The minimum absolute atomic E-state index is 0.404. The van der Waals surface area contributed by atoms with Crippen molar-refractivity contribution in [1.29, 1.82) is 0 Å². The summed E-state index contributed by atoms with van der Waals surface area (Å²) >= 11 is 0. The van der Waals surface area contributed by atoms with Gasteiger partial charge < -0.3 is 9.84 Å². The van der Waals surface area contributed by atoms with E-state index in [1.54, 1.807) is 0 Å². The molecule has 0 aromatic carbocycles. The Morgan fingerprint density at radius 2 is 1.56 bits per heavy atom. The molecule has 0 aliphatic rings. The third kappa shape index (κ3) is 6.62. The molecule has 0 rings (SSSR count). The summed E-state index contributed by atoms with van der Waals surface area (Å²) < 4.78 is 5.50. The Bertz CT molecular complexity index is 272. The van der Waals surface area contributed by atoms with E-state index in [0.717, 1.165) is 12.8 Å². The number of hydrogen-bond donors (Lipinski definition) is 1. The van der Waals surface area contributed by atoms with Gasteiger partial charge in [-0.25, -0.2) is 0 Å². The molecule has 106 valence electrons. The second-order valence-electron chi connectivity index (χ2n) is 5.78. The highest BCUT2D eigenvalue weighted by Crippen LogP contribution is 2.32. The molecule has 0 aliphatic heterocycles. The molecule has 0 aliphatic carbocycles. The zero-order chi connectivity index (χ0) is 14.3. The van der Waals surface area contributed by atoms with Crippen LogP contribution in [0.15, 0.2) is 0 Å². The molecule has 0 unspecified atom stereocenters. The third-order valence-corrected chi connectivity index (χ3v) is 2.83. The molecule has 0 aromatic rings. The van der Waals surface area contributed by atoms with Gasteiger partial charge in [-0.1, -0.05) is 34.6 Å². The van der Waals surface area contributed by atoms with Crippen molar-refractivity contribution in [3.63, 3.8) is 0 Å². The molecule has 4 nitrogen and oxygen atoms in total. The van der Waals surface area contributed by atoms with E-state index in [9.17, 15) is 9.59 Å². The predicted octanol–water partition coefficient (Wildman–Crippen LogP) is 3.25. The van der Waals surface area contributed by atoms with E-state index in [1.807, 2.05) is 6.92 Å². The maximum absolute atomic E-state index is 11.6. The van der Waals surface area contributed by atoms with Crippen LogP contribution in [0.2, 0.25) is 0 Å². The Labute approximate surface area is 110 Å². The zero-order valence-corrected chi connectivity index (χ0v) is 12.2. The van der Waals surface area contributed by atoms with Gasteiger partial charge in [0.25, 0.3) is 0 Å². The van der Waals surface area contributed by atoms with Crippen molar-refractivity contribution in [2.75, 3.05) is 0 Å². The van der Waals surface area contributed by atoms with E-state index in [4.69, 9.17) is 9.84 Å². The summed E-state index contributed by atoms with van der Waals surface area (Å²) in [6.07, 6.45) is 1.70. The van der Waals surface area contributed by atoms with Gasteiger partial charge in [0.2, 0.25) is 0 Å². The molecule has 0 atom stereocenters. The van der Waals surface area contributed by atoms with Gasteiger partial charge >= 0.3 is 11.9 Å². The number of rotatable bonds is 8. The van der Waals surface area contributed by atoms with Crippen LogP contribution in [-0.4, -0.2) is 22.6 Å². The van der Waals surface area contributed by atoms with Crippen LogP contribution >= 0.6 is 0 Å². The number of aliphatic carboxylic acids is 1. The first-order valence-corrected chi connectivity index (χ1v) is 6.64. The van der Waals surface area contributed by atoms with Gasteiger partial charge in [-0.2, -0.15) is 0 Å². The molecule has 0 saturated carbocycles. The quantitative estimate of drug-likeness (QED) is 0.536. The number of carbonyl (C=O) groups is 2. The van der Waals surface area contributed by atoms with Crippen molar-refractivity contribution in [1.82, 2.24) is 0 Å². The van der Waals surface area contributed by atoms with Crippen molar-refractivity contribution >= 4 is 11.9 Å². The van der Waals surface area contributed by atoms with Gasteiger partial charge in [0.1, 0.15) is 12.0 Å². The highest BCUT2D eigenvalue weighted by molar-refractivity contribution is 5.90. The summed E-state index contributed by atoms with van der Waals surface area (Å²) in [7, 11) is 0. The lowest BCUT2D eigenvalue weighted by Crippen LogP contribution is -2.38. The van der Waals surface area contributed by atoms with Crippen LogP contribution in [0, 0.1) is 11.8 Å². The Morgan fingerprint density at radius 3 is 1.83 bits per heavy atom. The third-order valence-electron chi connectivity index (χ3n) is 2.83. The molecule has 0 heterocycles. The first-order chi connectivity index (χ1) is 8.20. The highest BCUT2D eigenvalue weighted by atomic mass is 16.6. The lowest BCUT2D eigenvalue weighted by Gasteiger charge is -2.35. The maximum Gasteiger partial charge on any atom is 0.317 e. The topological polar surface area (TPSA) is 63.6 Å². The molecule has 0 aromatic heterocycles. The normalized spacial score (nSPS) is 11.9. The summed E-state index contributed by atoms with van der Waals surface area (Å²) in [6.45, 7) is 10.3. The van der Waals surface area contributed by atoms with Crippen molar-refractivity contribution in [3.8, 4) is 0 Å². The highest BCUT2D eigenvalue weighted by Gasteiger charge is 2.34. The van der Waals surface area contributed by atoms with Gasteiger partial charge in [-0.05, 0) is 31.1 Å². The molecule has 0 bridgehead atoms. The number of hydrogen-bond acceptors (Lipinski definition) is 3. The Balaban J connectivity index is 4.82. The number of carbonyl (C=O) groups excluding carboxylic acids is 1. The van der Waals surface area contributed by atoms with Crippen LogP contribution in [0.1, 0.15) is 60.3 Å². The molecule has 0 amide bonds. The first kappa shape index (κ1) is 16.9. The molecular weight excluding hydrogens is 232 g/mol. The number of carboxylic acids is 1. The van der Waals surface area contributed by atoms with E-state index in [0.29, 0.717) is 18.3 Å². The molecule has 18 heavy (non-hydrogen) atoms. The SMILES string of the molecule is CCC(CC(C)C)(CC(C)C)OC(=O)CC(=O)O. The summed E-state index contributed by atoms with van der Waals surface area (Å²) in [5, 5.41) is 8.62. The average molecular weight is 258 g/mol.